The van der Waals surface area contributed by atoms with Crippen LogP contribution in [0, 0.1) is 17.2 Å². The van der Waals surface area contributed by atoms with Crippen molar-refractivity contribution >= 4 is 37.1 Å². The number of hydrogen-bond acceptors (Lipinski definition) is 5. The highest BCUT2D eigenvalue weighted by Crippen LogP contribution is 2.33. The number of hydrogen-bond donors (Lipinski definition) is 1. The highest BCUT2D eigenvalue weighted by atomic mass is 32.2. The fourth-order valence-electron chi connectivity index (χ4n) is 3.74. The van der Waals surface area contributed by atoms with Gasteiger partial charge in [-0.3, -0.25) is 9.52 Å². The summed E-state index contributed by atoms with van der Waals surface area (Å²) < 4.78 is 28.7. The molecule has 1 atom stereocenters. The summed E-state index contributed by atoms with van der Waals surface area (Å²) >= 11 is 1.59. The molecular formula is C22H20N2O3S2. The van der Waals surface area contributed by atoms with E-state index in [4.69, 9.17) is 5.26 Å². The number of nitrogens with zero attached hydrogens (tertiary/aromatic N) is 1. The molecule has 7 heteroatoms. The van der Waals surface area contributed by atoms with Gasteiger partial charge in [0.15, 0.2) is 5.43 Å². The summed E-state index contributed by atoms with van der Waals surface area (Å²) in [6, 6.07) is 12.8. The molecule has 2 aromatic carbocycles. The minimum absolute atomic E-state index is 0.0739. The number of nitrogens with one attached hydrogen (secondary N) is 1. The second-order valence-electron chi connectivity index (χ2n) is 7.30. The third kappa shape index (κ3) is 3.78. The van der Waals surface area contributed by atoms with E-state index >= 15 is 0 Å². The maximum atomic E-state index is 12.9. The molecule has 0 bridgehead atoms. The van der Waals surface area contributed by atoms with E-state index in [1.165, 1.54) is 24.3 Å². The van der Waals surface area contributed by atoms with Crippen LogP contribution in [0.3, 0.4) is 0 Å². The van der Waals surface area contributed by atoms with Crippen LogP contribution in [0.25, 0.3) is 10.1 Å². The largest absolute Gasteiger partial charge is 0.289 e. The second kappa shape index (κ2) is 7.62. The van der Waals surface area contributed by atoms with E-state index in [0.29, 0.717) is 22.6 Å². The van der Waals surface area contributed by atoms with E-state index in [9.17, 15) is 13.2 Å². The van der Waals surface area contributed by atoms with Crippen molar-refractivity contribution < 1.29 is 8.42 Å². The molecule has 0 radical (unpaired) electrons. The van der Waals surface area contributed by atoms with Gasteiger partial charge in [-0.25, -0.2) is 8.42 Å². The van der Waals surface area contributed by atoms with Crippen LogP contribution < -0.4 is 10.2 Å². The Bertz CT molecular complexity index is 1290. The van der Waals surface area contributed by atoms with Crippen molar-refractivity contribution in [3.63, 3.8) is 0 Å². The van der Waals surface area contributed by atoms with Gasteiger partial charge in [0, 0.05) is 20.5 Å². The Balaban J connectivity index is 1.70. The Hall–Kier alpha value is -2.69. The maximum absolute atomic E-state index is 12.9. The summed E-state index contributed by atoms with van der Waals surface area (Å²) in [5.74, 6) is 0.605. The first kappa shape index (κ1) is 19.6. The molecule has 4 rings (SSSR count). The van der Waals surface area contributed by atoms with Crippen molar-refractivity contribution in [2.45, 2.75) is 37.5 Å². The van der Waals surface area contributed by atoms with E-state index in [0.717, 1.165) is 40.8 Å². The van der Waals surface area contributed by atoms with Gasteiger partial charge in [-0.1, -0.05) is 13.3 Å². The summed E-state index contributed by atoms with van der Waals surface area (Å²) in [5.41, 5.74) is 1.82. The van der Waals surface area contributed by atoms with Crippen molar-refractivity contribution in [1.82, 2.24) is 0 Å². The van der Waals surface area contributed by atoms with Crippen LogP contribution in [-0.2, 0) is 22.9 Å². The molecule has 1 N–H and O–H groups in total. The number of fused-ring (bicyclic) bond motifs is 2. The first-order valence-corrected chi connectivity index (χ1v) is 11.8. The van der Waals surface area contributed by atoms with Gasteiger partial charge >= 0.3 is 0 Å². The zero-order valence-corrected chi connectivity index (χ0v) is 17.6. The van der Waals surface area contributed by atoms with Crippen molar-refractivity contribution in [2.75, 3.05) is 4.72 Å². The van der Waals surface area contributed by atoms with Gasteiger partial charge in [-0.15, -0.1) is 11.3 Å². The average molecular weight is 425 g/mol. The minimum atomic E-state index is -3.78. The molecule has 3 aromatic rings. The summed E-state index contributed by atoms with van der Waals surface area (Å²) in [4.78, 5) is 14.1. The molecule has 0 aliphatic heterocycles. The molecule has 1 aromatic heterocycles. The topological polar surface area (TPSA) is 87.0 Å². The molecule has 1 aliphatic carbocycles. The molecule has 0 spiro atoms. The smallest absolute Gasteiger partial charge is 0.261 e. The molecule has 1 unspecified atom stereocenters. The quantitative estimate of drug-likeness (QED) is 0.670. The van der Waals surface area contributed by atoms with Crippen molar-refractivity contribution in [3.05, 3.63) is 68.7 Å². The van der Waals surface area contributed by atoms with E-state index in [-0.39, 0.29) is 10.3 Å². The monoisotopic (exact) mass is 424 g/mol. The number of anilines is 1. The van der Waals surface area contributed by atoms with Crippen LogP contribution >= 0.6 is 11.3 Å². The molecule has 29 heavy (non-hydrogen) atoms. The Morgan fingerprint density at radius 2 is 1.97 bits per heavy atom. The van der Waals surface area contributed by atoms with Gasteiger partial charge in [-0.2, -0.15) is 5.26 Å². The number of nitriles is 1. The third-order valence-corrected chi connectivity index (χ3v) is 8.08. The van der Waals surface area contributed by atoms with E-state index in [2.05, 4.69) is 11.6 Å². The third-order valence-electron chi connectivity index (χ3n) is 5.47. The molecule has 148 valence electrons. The number of benzene rings is 2. The Morgan fingerprint density at radius 3 is 2.66 bits per heavy atom. The zero-order valence-electron chi connectivity index (χ0n) is 15.9. The lowest BCUT2D eigenvalue weighted by molar-refractivity contribution is 0.448. The SMILES string of the molecule is CCC1CCc2c(sc3cc(NS(=O)(=O)c4ccc(C#N)cc4)ccc3c2=O)C1. The molecule has 0 fully saturated rings. The summed E-state index contributed by atoms with van der Waals surface area (Å²) in [7, 11) is -3.78. The molecular weight excluding hydrogens is 404 g/mol. The molecule has 0 saturated heterocycles. The van der Waals surface area contributed by atoms with Gasteiger partial charge in [0.2, 0.25) is 0 Å². The van der Waals surface area contributed by atoms with Crippen LogP contribution in [0.2, 0.25) is 0 Å². The first-order valence-electron chi connectivity index (χ1n) is 9.53. The zero-order chi connectivity index (χ0) is 20.6. The van der Waals surface area contributed by atoms with Gasteiger partial charge in [0.05, 0.1) is 22.2 Å². The lowest BCUT2D eigenvalue weighted by Gasteiger charge is -2.22. The first-order chi connectivity index (χ1) is 13.9. The Kier molecular flexibility index (Phi) is 5.15. The summed E-state index contributed by atoms with van der Waals surface area (Å²) in [6.07, 6.45) is 3.90. The Morgan fingerprint density at radius 1 is 1.21 bits per heavy atom. The Labute approximate surface area is 173 Å². The van der Waals surface area contributed by atoms with Gasteiger partial charge < -0.3 is 0 Å². The van der Waals surface area contributed by atoms with Gasteiger partial charge in [0.25, 0.3) is 10.0 Å². The van der Waals surface area contributed by atoms with Crippen LogP contribution in [-0.4, -0.2) is 8.42 Å². The predicted octanol–water partition coefficient (Wildman–Crippen LogP) is 4.45. The number of rotatable bonds is 4. The van der Waals surface area contributed by atoms with Crippen LogP contribution in [0.4, 0.5) is 5.69 Å². The van der Waals surface area contributed by atoms with E-state index in [1.807, 2.05) is 6.07 Å². The molecule has 5 nitrogen and oxygen atoms in total. The van der Waals surface area contributed by atoms with E-state index < -0.39 is 10.0 Å². The molecule has 0 saturated carbocycles. The normalized spacial score (nSPS) is 16.2. The lowest BCUT2D eigenvalue weighted by atomic mass is 9.87. The van der Waals surface area contributed by atoms with Crippen molar-refractivity contribution in [2.24, 2.45) is 5.92 Å². The van der Waals surface area contributed by atoms with Gasteiger partial charge in [-0.05, 0) is 67.6 Å². The predicted molar refractivity (Wildman–Crippen MR) is 116 cm³/mol. The fourth-order valence-corrected chi connectivity index (χ4v) is 6.15. The minimum Gasteiger partial charge on any atom is -0.289 e. The molecule has 1 heterocycles. The van der Waals surface area contributed by atoms with Crippen molar-refractivity contribution in [1.29, 1.82) is 5.26 Å². The van der Waals surface area contributed by atoms with Gasteiger partial charge in [0.1, 0.15) is 0 Å². The average Bonchev–Trinajstić information content (AvgIpc) is 2.73. The molecule has 0 amide bonds. The fraction of sp³-hybridized carbons (Fsp3) is 0.273. The lowest BCUT2D eigenvalue weighted by Crippen LogP contribution is -2.20. The standard InChI is InChI=1S/C22H20N2O3S2/c1-2-14-5-9-18-20(11-14)28-21-12-16(6-10-19(21)22(18)25)24-29(26,27)17-7-3-15(13-23)4-8-17/h3-4,6-8,10,12,14,24H,2,5,9,11H2,1H3. The number of sulfonamides is 1. The van der Waals surface area contributed by atoms with E-state index in [1.54, 1.807) is 29.5 Å². The van der Waals surface area contributed by atoms with Crippen LogP contribution in [0.1, 0.15) is 35.8 Å². The van der Waals surface area contributed by atoms with Crippen LogP contribution in [0.5, 0.6) is 0 Å². The molecule has 1 aliphatic rings. The summed E-state index contributed by atoms with van der Waals surface area (Å²) in [6.45, 7) is 2.18. The second-order valence-corrected chi connectivity index (χ2v) is 10.1. The van der Waals surface area contributed by atoms with Crippen molar-refractivity contribution in [3.8, 4) is 6.07 Å². The maximum Gasteiger partial charge on any atom is 0.261 e. The van der Waals surface area contributed by atoms with Crippen LogP contribution in [0.15, 0.2) is 52.2 Å². The summed E-state index contributed by atoms with van der Waals surface area (Å²) in [5, 5.41) is 9.51. The highest BCUT2D eigenvalue weighted by molar-refractivity contribution is 7.92. The highest BCUT2D eigenvalue weighted by Gasteiger charge is 2.22.